The van der Waals surface area contributed by atoms with E-state index in [4.69, 9.17) is 13.3 Å². The van der Waals surface area contributed by atoms with Crippen LogP contribution in [-0.2, 0) is 0 Å². The summed E-state index contributed by atoms with van der Waals surface area (Å²) >= 11 is 0. The van der Waals surface area contributed by atoms with Gasteiger partial charge in [-0.15, -0.1) is 0 Å². The molecule has 3 heterocycles. The molecule has 0 bridgehead atoms. The number of hydrogen-bond acceptors (Lipinski definition) is 3. The highest BCUT2D eigenvalue weighted by Crippen LogP contribution is 2.51. The smallest absolute Gasteiger partial charge is 0.144 e. The molecule has 3 nitrogen and oxygen atoms in total. The maximum absolute atomic E-state index is 7.01. The maximum Gasteiger partial charge on any atom is 0.144 e. The first-order valence-electron chi connectivity index (χ1n) is 17.3. The van der Waals surface area contributed by atoms with Gasteiger partial charge >= 0.3 is 0 Å². The summed E-state index contributed by atoms with van der Waals surface area (Å²) in [6.07, 6.45) is 0. The SMILES string of the molecule is c1ccc2c(c1)ccc1oc3c(-c4c5ccccc5c(-c5ccc6oc7ccccc7c6c5)c5ccccc45)c4c(cc3c12)oc1ccccc14. The number of furan rings is 3. The number of rotatable bonds is 2. The van der Waals surface area contributed by atoms with Crippen molar-refractivity contribution in [3.63, 3.8) is 0 Å². The first kappa shape index (κ1) is 27.0. The third-order valence-corrected chi connectivity index (χ3v) is 10.8. The summed E-state index contributed by atoms with van der Waals surface area (Å²) in [5, 5.41) is 13.6. The Balaban J connectivity index is 1.28. The van der Waals surface area contributed by atoms with E-state index in [-0.39, 0.29) is 0 Å². The lowest BCUT2D eigenvalue weighted by Gasteiger charge is -2.18. The second-order valence-electron chi connectivity index (χ2n) is 13.5. The van der Waals surface area contributed by atoms with Gasteiger partial charge in [0.25, 0.3) is 0 Å². The molecule has 0 spiro atoms. The van der Waals surface area contributed by atoms with Gasteiger partial charge in [0.2, 0.25) is 0 Å². The molecule has 0 saturated heterocycles. The van der Waals surface area contributed by atoms with Crippen LogP contribution < -0.4 is 0 Å². The summed E-state index contributed by atoms with van der Waals surface area (Å²) in [6.45, 7) is 0. The summed E-state index contributed by atoms with van der Waals surface area (Å²) in [5.41, 5.74) is 9.80. The van der Waals surface area contributed by atoms with E-state index in [0.29, 0.717) is 0 Å². The van der Waals surface area contributed by atoms with Gasteiger partial charge in [-0.05, 0) is 79.8 Å². The van der Waals surface area contributed by atoms with Gasteiger partial charge in [-0.2, -0.15) is 0 Å². The van der Waals surface area contributed by atoms with E-state index in [2.05, 4.69) is 140 Å². The fraction of sp³-hybridized carbons (Fsp3) is 0. The predicted molar refractivity (Wildman–Crippen MR) is 212 cm³/mol. The zero-order chi connectivity index (χ0) is 33.2. The van der Waals surface area contributed by atoms with Crippen molar-refractivity contribution in [1.82, 2.24) is 0 Å². The van der Waals surface area contributed by atoms with Crippen LogP contribution in [0.4, 0.5) is 0 Å². The van der Waals surface area contributed by atoms with Gasteiger partial charge in [0.1, 0.15) is 33.5 Å². The highest BCUT2D eigenvalue weighted by atomic mass is 16.3. The summed E-state index contributed by atoms with van der Waals surface area (Å²) < 4.78 is 19.9. The molecule has 0 radical (unpaired) electrons. The molecule has 3 aromatic heterocycles. The van der Waals surface area contributed by atoms with E-state index in [1.807, 2.05) is 18.2 Å². The second kappa shape index (κ2) is 9.87. The van der Waals surface area contributed by atoms with Gasteiger partial charge in [-0.3, -0.25) is 0 Å². The first-order valence-corrected chi connectivity index (χ1v) is 17.3. The van der Waals surface area contributed by atoms with Crippen LogP contribution in [0.25, 0.3) is 120 Å². The zero-order valence-electron chi connectivity index (χ0n) is 27.2. The largest absolute Gasteiger partial charge is 0.456 e. The maximum atomic E-state index is 7.01. The highest BCUT2D eigenvalue weighted by Gasteiger charge is 2.26. The van der Waals surface area contributed by atoms with Crippen LogP contribution in [0, 0.1) is 0 Å². The van der Waals surface area contributed by atoms with Crippen LogP contribution in [0.3, 0.4) is 0 Å². The number of hydrogen-bond donors (Lipinski definition) is 0. The van der Waals surface area contributed by atoms with Gasteiger partial charge in [0.15, 0.2) is 0 Å². The molecule has 9 aromatic carbocycles. The predicted octanol–water partition coefficient (Wildman–Crippen LogP) is 14.2. The highest BCUT2D eigenvalue weighted by molar-refractivity contribution is 6.32. The van der Waals surface area contributed by atoms with E-state index in [0.717, 1.165) is 93.3 Å². The third kappa shape index (κ3) is 3.62. The van der Waals surface area contributed by atoms with Crippen molar-refractivity contribution in [3.8, 4) is 22.3 Å². The van der Waals surface area contributed by atoms with Gasteiger partial charge in [0.05, 0.1) is 0 Å². The lowest BCUT2D eigenvalue weighted by Crippen LogP contribution is -1.92. The van der Waals surface area contributed by atoms with Crippen LogP contribution in [0.1, 0.15) is 0 Å². The summed E-state index contributed by atoms with van der Waals surface area (Å²) in [5.74, 6) is 0. The fourth-order valence-corrected chi connectivity index (χ4v) is 8.71. The monoisotopic (exact) mass is 650 g/mol. The molecular formula is C48H26O3. The number of benzene rings is 9. The Labute approximate surface area is 290 Å². The second-order valence-corrected chi connectivity index (χ2v) is 13.5. The Bertz CT molecular complexity index is 3370. The summed E-state index contributed by atoms with van der Waals surface area (Å²) in [7, 11) is 0. The van der Waals surface area contributed by atoms with Crippen molar-refractivity contribution in [1.29, 1.82) is 0 Å². The van der Waals surface area contributed by atoms with E-state index in [9.17, 15) is 0 Å². The fourth-order valence-electron chi connectivity index (χ4n) is 8.71. The standard InChI is InChI=1S/C48H26O3/c1-2-12-29-27(11-1)21-24-41-44(29)37-26-42-46(35-18-8-10-20-39(35)50-42)47(48(37)51-41)45-33-16-5-3-14-31(33)43(32-15-4-6-17-34(32)45)28-22-23-40-36(25-28)30-13-7-9-19-38(30)49-40/h1-26H. The van der Waals surface area contributed by atoms with E-state index >= 15 is 0 Å². The van der Waals surface area contributed by atoms with Gasteiger partial charge in [-0.1, -0.05) is 121 Å². The molecule has 12 rings (SSSR count). The van der Waals surface area contributed by atoms with Crippen molar-refractivity contribution >= 4 is 98.1 Å². The molecule has 0 aliphatic heterocycles. The summed E-state index contributed by atoms with van der Waals surface area (Å²) in [6, 6.07) is 55.9. The Hall–Kier alpha value is -6.84. The quantitative estimate of drug-likeness (QED) is 0.175. The van der Waals surface area contributed by atoms with E-state index in [1.54, 1.807) is 0 Å². The molecule has 12 aromatic rings. The van der Waals surface area contributed by atoms with E-state index in [1.165, 1.54) is 27.1 Å². The topological polar surface area (TPSA) is 39.4 Å². The van der Waals surface area contributed by atoms with Crippen molar-refractivity contribution in [2.45, 2.75) is 0 Å². The third-order valence-electron chi connectivity index (χ3n) is 10.8. The summed E-state index contributed by atoms with van der Waals surface area (Å²) in [4.78, 5) is 0. The molecule has 0 fully saturated rings. The number of para-hydroxylation sites is 2. The average molecular weight is 651 g/mol. The van der Waals surface area contributed by atoms with Crippen LogP contribution in [0.5, 0.6) is 0 Å². The molecule has 0 aliphatic rings. The lowest BCUT2D eigenvalue weighted by atomic mass is 9.84. The minimum Gasteiger partial charge on any atom is -0.456 e. The Kier molecular flexibility index (Phi) is 5.23. The molecule has 51 heavy (non-hydrogen) atoms. The van der Waals surface area contributed by atoms with Crippen LogP contribution in [0.2, 0.25) is 0 Å². The molecule has 236 valence electrons. The van der Waals surface area contributed by atoms with Crippen molar-refractivity contribution in [2.75, 3.05) is 0 Å². The lowest BCUT2D eigenvalue weighted by molar-refractivity contribution is 0.665. The van der Waals surface area contributed by atoms with E-state index < -0.39 is 0 Å². The van der Waals surface area contributed by atoms with Crippen molar-refractivity contribution < 1.29 is 13.3 Å². The van der Waals surface area contributed by atoms with Crippen molar-refractivity contribution in [3.05, 3.63) is 158 Å². The number of fused-ring (bicyclic) bond motifs is 13. The van der Waals surface area contributed by atoms with Crippen LogP contribution >= 0.6 is 0 Å². The molecule has 0 N–H and O–H groups in total. The Morgan fingerprint density at radius 1 is 0.275 bits per heavy atom. The molecule has 0 amide bonds. The normalized spacial score (nSPS) is 12.3. The first-order chi connectivity index (χ1) is 25.3. The van der Waals surface area contributed by atoms with Gasteiger partial charge in [0, 0.05) is 43.4 Å². The zero-order valence-corrected chi connectivity index (χ0v) is 27.2. The molecule has 0 unspecified atom stereocenters. The Morgan fingerprint density at radius 2 is 0.824 bits per heavy atom. The van der Waals surface area contributed by atoms with Crippen LogP contribution in [-0.4, -0.2) is 0 Å². The van der Waals surface area contributed by atoms with Crippen molar-refractivity contribution in [2.24, 2.45) is 0 Å². The van der Waals surface area contributed by atoms with Gasteiger partial charge < -0.3 is 13.3 Å². The molecular weight excluding hydrogens is 625 g/mol. The molecule has 3 heteroatoms. The molecule has 0 aliphatic carbocycles. The van der Waals surface area contributed by atoms with Crippen LogP contribution in [0.15, 0.2) is 171 Å². The Morgan fingerprint density at radius 3 is 1.57 bits per heavy atom. The molecule has 0 saturated carbocycles. The minimum absolute atomic E-state index is 0.851. The minimum atomic E-state index is 0.851. The average Bonchev–Trinajstić information content (AvgIpc) is 3.87. The van der Waals surface area contributed by atoms with Gasteiger partial charge in [-0.25, -0.2) is 0 Å². The molecule has 0 atom stereocenters.